The summed E-state index contributed by atoms with van der Waals surface area (Å²) in [6.07, 6.45) is -2.02. The Morgan fingerprint density at radius 2 is 2.06 bits per heavy atom. The van der Waals surface area contributed by atoms with Crippen LogP contribution in [0.25, 0.3) is 0 Å². The fraction of sp³-hybridized carbons (Fsp3) is 0.375. The van der Waals surface area contributed by atoms with Gasteiger partial charge >= 0.3 is 0 Å². The molecular formula is C8H8ClF2NO3S. The number of methoxy groups -OCH3 is 1. The summed E-state index contributed by atoms with van der Waals surface area (Å²) < 4.78 is 52.2. The fourth-order valence-electron chi connectivity index (χ4n) is 1.23. The van der Waals surface area contributed by atoms with Crippen molar-refractivity contribution < 1.29 is 21.9 Å². The summed E-state index contributed by atoms with van der Waals surface area (Å²) in [4.78, 5) is 3.03. The average Bonchev–Trinajstić information content (AvgIpc) is 2.14. The largest absolute Gasteiger partial charge is 0.495 e. The second-order valence-corrected chi connectivity index (χ2v) is 5.40. The van der Waals surface area contributed by atoms with Gasteiger partial charge in [-0.3, -0.25) is 4.98 Å². The van der Waals surface area contributed by atoms with Gasteiger partial charge in [-0.25, -0.2) is 17.2 Å². The summed E-state index contributed by atoms with van der Waals surface area (Å²) in [5.74, 6) is -0.461. The summed E-state index contributed by atoms with van der Waals surface area (Å²) in [5.41, 5.74) is -0.594. The molecule has 0 saturated carbocycles. The van der Waals surface area contributed by atoms with Crippen molar-refractivity contribution in [3.8, 4) is 5.75 Å². The highest BCUT2D eigenvalue weighted by molar-refractivity contribution is 8.13. The molecule has 0 saturated heterocycles. The molecule has 0 fully saturated rings. The van der Waals surface area contributed by atoms with Gasteiger partial charge in [0.15, 0.2) is 5.75 Å². The predicted molar refractivity (Wildman–Crippen MR) is 53.5 cm³/mol. The highest BCUT2D eigenvalue weighted by atomic mass is 35.7. The number of halogens is 3. The van der Waals surface area contributed by atoms with Crippen LogP contribution in [0.15, 0.2) is 11.1 Å². The molecule has 90 valence electrons. The van der Waals surface area contributed by atoms with Crippen LogP contribution in [0.4, 0.5) is 8.78 Å². The highest BCUT2D eigenvalue weighted by Crippen LogP contribution is 2.36. The number of rotatable bonds is 3. The molecule has 0 radical (unpaired) electrons. The maximum Gasteiger partial charge on any atom is 0.268 e. The van der Waals surface area contributed by atoms with Crippen molar-refractivity contribution >= 4 is 19.7 Å². The van der Waals surface area contributed by atoms with Crippen LogP contribution >= 0.6 is 10.7 Å². The zero-order valence-corrected chi connectivity index (χ0v) is 9.94. The molecule has 0 spiro atoms. The minimum absolute atomic E-state index is 0.0104. The maximum atomic E-state index is 12.6. The molecule has 0 N–H and O–H groups in total. The lowest BCUT2D eigenvalue weighted by molar-refractivity contribution is 0.146. The van der Waals surface area contributed by atoms with E-state index in [1.165, 1.54) is 6.92 Å². The number of aryl methyl sites for hydroxylation is 1. The first-order valence-electron chi connectivity index (χ1n) is 4.05. The van der Waals surface area contributed by atoms with Crippen molar-refractivity contribution in [1.29, 1.82) is 0 Å². The molecule has 0 aliphatic rings. The Labute approximate surface area is 95.6 Å². The molecule has 0 atom stereocenters. The van der Waals surface area contributed by atoms with E-state index in [0.717, 1.165) is 13.3 Å². The molecule has 4 nitrogen and oxygen atoms in total. The van der Waals surface area contributed by atoms with E-state index in [1.807, 2.05) is 0 Å². The highest BCUT2D eigenvalue weighted by Gasteiger charge is 2.26. The number of alkyl halides is 2. The number of ether oxygens (including phenoxy) is 1. The molecule has 0 aromatic carbocycles. The van der Waals surface area contributed by atoms with Gasteiger partial charge in [0.1, 0.15) is 4.90 Å². The molecule has 0 aliphatic heterocycles. The molecule has 0 unspecified atom stereocenters. The van der Waals surface area contributed by atoms with Crippen molar-refractivity contribution in [2.24, 2.45) is 0 Å². The van der Waals surface area contributed by atoms with Gasteiger partial charge in [0.2, 0.25) is 0 Å². The predicted octanol–water partition coefficient (Wildman–Crippen LogP) is 2.26. The van der Waals surface area contributed by atoms with Crippen LogP contribution in [-0.2, 0) is 9.05 Å². The average molecular weight is 272 g/mol. The van der Waals surface area contributed by atoms with Crippen molar-refractivity contribution in [3.63, 3.8) is 0 Å². The van der Waals surface area contributed by atoms with E-state index < -0.39 is 31.7 Å². The Morgan fingerprint density at radius 3 is 2.44 bits per heavy atom. The van der Waals surface area contributed by atoms with Gasteiger partial charge in [-0.2, -0.15) is 0 Å². The van der Waals surface area contributed by atoms with Crippen LogP contribution in [-0.4, -0.2) is 20.5 Å². The van der Waals surface area contributed by atoms with Crippen LogP contribution in [0.1, 0.15) is 17.7 Å². The second-order valence-electron chi connectivity index (χ2n) is 2.90. The Balaban J connectivity index is 3.64. The first-order valence-corrected chi connectivity index (χ1v) is 6.36. The van der Waals surface area contributed by atoms with Gasteiger partial charge in [-0.1, -0.05) is 0 Å². The van der Waals surface area contributed by atoms with E-state index in [9.17, 15) is 17.2 Å². The number of pyridine rings is 1. The standard InChI is InChI=1S/C8H8ClF2NO3S/c1-4-7(16(9,13)14)6(15-2)5(3-12-4)8(10)11/h3,8H,1-2H3. The molecule has 0 amide bonds. The van der Waals surface area contributed by atoms with Crippen molar-refractivity contribution in [2.45, 2.75) is 18.2 Å². The normalized spacial score (nSPS) is 11.9. The van der Waals surface area contributed by atoms with E-state index in [-0.39, 0.29) is 5.69 Å². The van der Waals surface area contributed by atoms with Crippen molar-refractivity contribution in [1.82, 2.24) is 4.98 Å². The molecule has 8 heteroatoms. The van der Waals surface area contributed by atoms with Gasteiger partial charge in [-0.05, 0) is 6.92 Å². The zero-order chi connectivity index (χ0) is 12.5. The third-order valence-corrected chi connectivity index (χ3v) is 3.31. The van der Waals surface area contributed by atoms with Gasteiger partial charge in [0.25, 0.3) is 15.5 Å². The molecule has 16 heavy (non-hydrogen) atoms. The first kappa shape index (κ1) is 13.1. The maximum absolute atomic E-state index is 12.6. The lowest BCUT2D eigenvalue weighted by Crippen LogP contribution is -2.05. The summed E-state index contributed by atoms with van der Waals surface area (Å²) in [6, 6.07) is 0. The van der Waals surface area contributed by atoms with Gasteiger partial charge in [0.05, 0.1) is 18.4 Å². The van der Waals surface area contributed by atoms with E-state index in [4.69, 9.17) is 10.7 Å². The zero-order valence-electron chi connectivity index (χ0n) is 8.37. The van der Waals surface area contributed by atoms with Crippen LogP contribution in [0.5, 0.6) is 5.75 Å². The van der Waals surface area contributed by atoms with Crippen LogP contribution in [0.2, 0.25) is 0 Å². The third kappa shape index (κ3) is 2.41. The minimum atomic E-state index is -4.18. The smallest absolute Gasteiger partial charge is 0.268 e. The van der Waals surface area contributed by atoms with Gasteiger partial charge < -0.3 is 4.74 Å². The molecular weight excluding hydrogens is 264 g/mol. The second kappa shape index (κ2) is 4.50. The van der Waals surface area contributed by atoms with Crippen LogP contribution < -0.4 is 4.74 Å². The fourth-order valence-corrected chi connectivity index (χ4v) is 2.61. The number of hydrogen-bond acceptors (Lipinski definition) is 4. The van der Waals surface area contributed by atoms with E-state index >= 15 is 0 Å². The van der Waals surface area contributed by atoms with Crippen molar-refractivity contribution in [2.75, 3.05) is 7.11 Å². The summed E-state index contributed by atoms with van der Waals surface area (Å²) >= 11 is 0. The molecule has 0 aliphatic carbocycles. The Bertz CT molecular complexity index is 504. The number of nitrogens with zero attached hydrogens (tertiary/aromatic N) is 1. The quantitative estimate of drug-likeness (QED) is 0.792. The summed E-state index contributed by atoms with van der Waals surface area (Å²) in [6.45, 7) is 1.34. The van der Waals surface area contributed by atoms with Gasteiger partial charge in [-0.15, -0.1) is 0 Å². The first-order chi connectivity index (χ1) is 7.29. The Kier molecular flexibility index (Phi) is 3.69. The monoisotopic (exact) mass is 271 g/mol. The molecule has 0 bridgehead atoms. The third-order valence-electron chi connectivity index (χ3n) is 1.88. The lowest BCUT2D eigenvalue weighted by atomic mass is 10.2. The minimum Gasteiger partial charge on any atom is -0.495 e. The van der Waals surface area contributed by atoms with E-state index in [2.05, 4.69) is 9.72 Å². The lowest BCUT2D eigenvalue weighted by Gasteiger charge is -2.12. The van der Waals surface area contributed by atoms with Crippen molar-refractivity contribution in [3.05, 3.63) is 17.5 Å². The van der Waals surface area contributed by atoms with E-state index in [1.54, 1.807) is 0 Å². The molecule has 1 aromatic rings. The van der Waals surface area contributed by atoms with E-state index in [0.29, 0.717) is 0 Å². The molecule has 1 aromatic heterocycles. The number of aromatic nitrogens is 1. The Morgan fingerprint density at radius 1 is 1.50 bits per heavy atom. The Hall–Kier alpha value is -0.950. The summed E-state index contributed by atoms with van der Waals surface area (Å²) in [7, 11) is 2.04. The molecule has 1 heterocycles. The van der Waals surface area contributed by atoms with Crippen LogP contribution in [0, 0.1) is 6.92 Å². The summed E-state index contributed by atoms with van der Waals surface area (Å²) in [5, 5.41) is 0. The van der Waals surface area contributed by atoms with Crippen LogP contribution in [0.3, 0.4) is 0 Å². The SMILES string of the molecule is COc1c(C(F)F)cnc(C)c1S(=O)(=O)Cl. The number of hydrogen-bond donors (Lipinski definition) is 0. The molecule has 1 rings (SSSR count). The van der Waals surface area contributed by atoms with Gasteiger partial charge in [0, 0.05) is 16.9 Å². The topological polar surface area (TPSA) is 56.3 Å².